The Balaban J connectivity index is 1.46. The van der Waals surface area contributed by atoms with Crippen LogP contribution in [0.5, 0.6) is 17.2 Å². The lowest BCUT2D eigenvalue weighted by molar-refractivity contribution is -0.159. The van der Waals surface area contributed by atoms with Crippen molar-refractivity contribution in [3.63, 3.8) is 0 Å². The minimum Gasteiger partial charge on any atom is -0.493 e. The standard InChI is InChI=1S/C35H31N3O12/c1-46-25-18-23(19-26(47-2)27(25)48-3)30(39)36-24-16-14-20(15-17-24)31(40)37-38-32(41)28(49-34(44)21-10-6-4-7-11-21)29(33(42)43)50-35(45)22-12-8-5-9-13-22/h4-19,28-29H,1-3H3,(H,36,39)(H,37,40)(H,38,41)(H,42,43)/t28-,29-/m0/s1. The Morgan fingerprint density at radius 1 is 0.560 bits per heavy atom. The van der Waals surface area contributed by atoms with Crippen molar-refractivity contribution >= 4 is 41.3 Å². The summed E-state index contributed by atoms with van der Waals surface area (Å²) in [5.74, 6) is -5.85. The van der Waals surface area contributed by atoms with Crippen LogP contribution < -0.4 is 30.4 Å². The maximum atomic E-state index is 13.2. The molecule has 0 bridgehead atoms. The molecule has 3 amide bonds. The second-order valence-electron chi connectivity index (χ2n) is 10.1. The smallest absolute Gasteiger partial charge is 0.349 e. The molecule has 0 heterocycles. The van der Waals surface area contributed by atoms with Crippen LogP contribution in [0.2, 0.25) is 0 Å². The van der Waals surface area contributed by atoms with Gasteiger partial charge in [0.1, 0.15) is 0 Å². The molecule has 0 unspecified atom stereocenters. The van der Waals surface area contributed by atoms with E-state index in [-0.39, 0.29) is 33.8 Å². The summed E-state index contributed by atoms with van der Waals surface area (Å²) >= 11 is 0. The van der Waals surface area contributed by atoms with Crippen LogP contribution in [0.15, 0.2) is 97.1 Å². The van der Waals surface area contributed by atoms with Crippen LogP contribution >= 0.6 is 0 Å². The number of carbonyl (C=O) groups excluding carboxylic acids is 5. The molecule has 0 aliphatic heterocycles. The van der Waals surface area contributed by atoms with Gasteiger partial charge < -0.3 is 34.1 Å². The summed E-state index contributed by atoms with van der Waals surface area (Å²) in [6.45, 7) is 0. The van der Waals surface area contributed by atoms with E-state index in [1.165, 1.54) is 106 Å². The predicted octanol–water partition coefficient (Wildman–Crippen LogP) is 3.26. The van der Waals surface area contributed by atoms with Gasteiger partial charge in [0.15, 0.2) is 11.5 Å². The molecule has 0 fully saturated rings. The molecule has 258 valence electrons. The van der Waals surface area contributed by atoms with Crippen LogP contribution in [0.25, 0.3) is 0 Å². The lowest BCUT2D eigenvalue weighted by atomic mass is 10.1. The van der Waals surface area contributed by atoms with Crippen LogP contribution in [-0.2, 0) is 19.1 Å². The summed E-state index contributed by atoms with van der Waals surface area (Å²) in [6, 6.07) is 23.2. The van der Waals surface area contributed by atoms with Gasteiger partial charge in [0.05, 0.1) is 32.5 Å². The molecule has 15 nitrogen and oxygen atoms in total. The SMILES string of the molecule is COc1cc(C(=O)Nc2ccc(C(=O)NNC(=O)[C@@H](OC(=O)c3ccccc3)[C@H](OC(=O)c3ccccc3)C(=O)O)cc2)cc(OC)c1OC. The molecule has 2 atom stereocenters. The molecule has 0 aromatic heterocycles. The molecule has 0 aliphatic rings. The Morgan fingerprint density at radius 2 is 1.06 bits per heavy atom. The fourth-order valence-electron chi connectivity index (χ4n) is 4.39. The molecule has 4 aromatic rings. The third kappa shape index (κ3) is 8.92. The zero-order valence-corrected chi connectivity index (χ0v) is 26.8. The van der Waals surface area contributed by atoms with E-state index in [0.29, 0.717) is 11.4 Å². The topological polar surface area (TPSA) is 205 Å². The quantitative estimate of drug-likeness (QED) is 0.118. The number of esters is 2. The number of rotatable bonds is 13. The zero-order valence-electron chi connectivity index (χ0n) is 26.8. The van der Waals surface area contributed by atoms with E-state index in [1.807, 2.05) is 5.43 Å². The highest BCUT2D eigenvalue weighted by Crippen LogP contribution is 2.38. The van der Waals surface area contributed by atoms with Crippen LogP contribution in [0, 0.1) is 0 Å². The largest absolute Gasteiger partial charge is 0.493 e. The first kappa shape index (κ1) is 35.9. The van der Waals surface area contributed by atoms with Crippen LogP contribution in [-0.4, -0.2) is 74.3 Å². The molecule has 4 rings (SSSR count). The summed E-state index contributed by atoms with van der Waals surface area (Å²) in [4.78, 5) is 76.7. The maximum absolute atomic E-state index is 13.2. The van der Waals surface area contributed by atoms with Gasteiger partial charge in [-0.2, -0.15) is 0 Å². The molecule has 4 N–H and O–H groups in total. The van der Waals surface area contributed by atoms with E-state index in [1.54, 1.807) is 12.1 Å². The van der Waals surface area contributed by atoms with Gasteiger partial charge in [0.25, 0.3) is 17.7 Å². The van der Waals surface area contributed by atoms with Gasteiger partial charge in [0.2, 0.25) is 18.0 Å². The van der Waals surface area contributed by atoms with Gasteiger partial charge in [-0.15, -0.1) is 0 Å². The number of amides is 3. The average molecular weight is 686 g/mol. The molecule has 0 spiro atoms. The Labute approximate surface area is 285 Å². The number of carboxylic acid groups (broad SMARTS) is 1. The summed E-state index contributed by atoms with van der Waals surface area (Å²) < 4.78 is 26.1. The Kier molecular flexibility index (Phi) is 12.1. The molecular weight excluding hydrogens is 654 g/mol. The minimum absolute atomic E-state index is 0.0132. The molecule has 0 saturated carbocycles. The van der Waals surface area contributed by atoms with Crippen molar-refractivity contribution in [1.82, 2.24) is 10.9 Å². The third-order valence-corrected chi connectivity index (χ3v) is 6.89. The number of carbonyl (C=O) groups is 6. The molecule has 0 aliphatic carbocycles. The number of nitrogens with one attached hydrogen (secondary N) is 3. The Bertz CT molecular complexity index is 1840. The number of hydrogen-bond acceptors (Lipinski definition) is 11. The fourth-order valence-corrected chi connectivity index (χ4v) is 4.39. The highest BCUT2D eigenvalue weighted by Gasteiger charge is 2.41. The maximum Gasteiger partial charge on any atom is 0.349 e. The van der Waals surface area contributed by atoms with Crippen molar-refractivity contribution < 1.29 is 57.6 Å². The molecule has 15 heteroatoms. The third-order valence-electron chi connectivity index (χ3n) is 6.89. The van der Waals surface area contributed by atoms with E-state index >= 15 is 0 Å². The zero-order chi connectivity index (χ0) is 36.2. The monoisotopic (exact) mass is 685 g/mol. The summed E-state index contributed by atoms with van der Waals surface area (Å²) in [7, 11) is 4.25. The number of ether oxygens (including phenoxy) is 5. The second-order valence-corrected chi connectivity index (χ2v) is 10.1. The summed E-state index contributed by atoms with van der Waals surface area (Å²) in [6.07, 6.45) is -4.54. The van der Waals surface area contributed by atoms with Crippen LogP contribution in [0.4, 0.5) is 5.69 Å². The second kappa shape index (κ2) is 16.8. The molecule has 4 aromatic carbocycles. The molecule has 50 heavy (non-hydrogen) atoms. The Morgan fingerprint density at radius 3 is 1.52 bits per heavy atom. The summed E-state index contributed by atoms with van der Waals surface area (Å²) in [5, 5.41) is 12.6. The van der Waals surface area contributed by atoms with E-state index in [9.17, 15) is 33.9 Å². The van der Waals surface area contributed by atoms with Crippen LogP contribution in [0.3, 0.4) is 0 Å². The first-order valence-corrected chi connectivity index (χ1v) is 14.6. The van der Waals surface area contributed by atoms with Crippen molar-refractivity contribution in [2.24, 2.45) is 0 Å². The van der Waals surface area contributed by atoms with Crippen molar-refractivity contribution in [3.05, 3.63) is 119 Å². The number of carboxylic acids is 1. The van der Waals surface area contributed by atoms with Crippen molar-refractivity contribution in [2.75, 3.05) is 26.6 Å². The molecule has 0 saturated heterocycles. The van der Waals surface area contributed by atoms with Crippen molar-refractivity contribution in [1.29, 1.82) is 0 Å². The summed E-state index contributed by atoms with van der Waals surface area (Å²) in [5.41, 5.74) is 4.58. The molecular formula is C35H31N3O12. The first-order valence-electron chi connectivity index (χ1n) is 14.6. The lowest BCUT2D eigenvalue weighted by Gasteiger charge is -2.23. The van der Waals surface area contributed by atoms with Gasteiger partial charge in [-0.25, -0.2) is 14.4 Å². The van der Waals surface area contributed by atoms with E-state index in [2.05, 4.69) is 10.7 Å². The fraction of sp³-hybridized carbons (Fsp3) is 0.143. The Hall–Kier alpha value is -6.90. The number of methoxy groups -OCH3 is 3. The minimum atomic E-state index is -2.30. The highest BCUT2D eigenvalue weighted by molar-refractivity contribution is 6.05. The van der Waals surface area contributed by atoms with E-state index in [0.717, 1.165) is 0 Å². The first-order chi connectivity index (χ1) is 24.1. The van der Waals surface area contributed by atoms with Gasteiger partial charge in [-0.1, -0.05) is 36.4 Å². The van der Waals surface area contributed by atoms with Crippen molar-refractivity contribution in [3.8, 4) is 17.2 Å². The predicted molar refractivity (Wildman–Crippen MR) is 175 cm³/mol. The normalized spacial score (nSPS) is 11.5. The number of benzene rings is 4. The van der Waals surface area contributed by atoms with Gasteiger partial charge in [-0.05, 0) is 60.7 Å². The van der Waals surface area contributed by atoms with Gasteiger partial charge in [-0.3, -0.25) is 25.2 Å². The number of hydrogen-bond donors (Lipinski definition) is 4. The highest BCUT2D eigenvalue weighted by atomic mass is 16.6. The van der Waals surface area contributed by atoms with E-state index in [4.69, 9.17) is 23.7 Å². The average Bonchev–Trinajstić information content (AvgIpc) is 3.14. The number of hydrazine groups is 1. The van der Waals surface area contributed by atoms with E-state index < -0.39 is 47.8 Å². The number of aliphatic carboxylic acids is 1. The van der Waals surface area contributed by atoms with Gasteiger partial charge in [0, 0.05) is 16.8 Å². The van der Waals surface area contributed by atoms with Crippen LogP contribution in [0.1, 0.15) is 41.4 Å². The van der Waals surface area contributed by atoms with Crippen molar-refractivity contribution in [2.45, 2.75) is 12.2 Å². The number of anilines is 1. The molecule has 0 radical (unpaired) electrons. The van der Waals surface area contributed by atoms with Gasteiger partial charge >= 0.3 is 17.9 Å². The lowest BCUT2D eigenvalue weighted by Crippen LogP contribution is -2.54.